The van der Waals surface area contributed by atoms with Gasteiger partial charge in [-0.25, -0.2) is 0 Å². The Kier molecular flexibility index (Phi) is 5.15. The van der Waals surface area contributed by atoms with Crippen LogP contribution in [-0.2, 0) is 9.59 Å². The second-order valence-corrected chi connectivity index (χ2v) is 7.25. The highest BCUT2D eigenvalue weighted by atomic mass is 16.6. The first kappa shape index (κ1) is 20.7. The van der Waals surface area contributed by atoms with Crippen LogP contribution in [0.1, 0.15) is 22.7 Å². The summed E-state index contributed by atoms with van der Waals surface area (Å²) in [6.45, 7) is 1.77. The number of benzene rings is 2. The van der Waals surface area contributed by atoms with Crippen LogP contribution in [-0.4, -0.2) is 31.8 Å². The van der Waals surface area contributed by atoms with E-state index < -0.39 is 28.4 Å². The highest BCUT2D eigenvalue weighted by Crippen LogP contribution is 2.44. The number of nitro groups is 1. The van der Waals surface area contributed by atoms with Gasteiger partial charge in [0.1, 0.15) is 11.5 Å². The molecule has 1 amide bonds. The number of aliphatic hydroxyl groups is 1. The molecule has 9 nitrogen and oxygen atoms in total. The molecule has 160 valence electrons. The van der Waals surface area contributed by atoms with Crippen molar-refractivity contribution in [1.29, 1.82) is 0 Å². The Morgan fingerprint density at radius 1 is 1.09 bits per heavy atom. The lowest BCUT2D eigenvalue weighted by Crippen LogP contribution is -2.29. The van der Waals surface area contributed by atoms with Crippen LogP contribution in [0, 0.1) is 17.0 Å². The molecule has 1 unspecified atom stereocenters. The second kappa shape index (κ2) is 7.95. The van der Waals surface area contributed by atoms with Crippen molar-refractivity contribution in [3.05, 3.63) is 99.4 Å². The van der Waals surface area contributed by atoms with Crippen LogP contribution in [0.3, 0.4) is 0 Å². The number of nitro benzene ring substituents is 1. The molecule has 2 N–H and O–H groups in total. The van der Waals surface area contributed by atoms with Crippen molar-refractivity contribution in [3.8, 4) is 5.75 Å². The Bertz CT molecular complexity index is 1290. The zero-order valence-electron chi connectivity index (χ0n) is 16.8. The molecule has 9 heteroatoms. The first-order chi connectivity index (χ1) is 15.3. The van der Waals surface area contributed by atoms with E-state index >= 15 is 0 Å². The number of anilines is 1. The van der Waals surface area contributed by atoms with Crippen LogP contribution in [0.15, 0.2) is 72.6 Å². The van der Waals surface area contributed by atoms with Gasteiger partial charge in [0, 0.05) is 30.1 Å². The van der Waals surface area contributed by atoms with Crippen molar-refractivity contribution in [2.24, 2.45) is 0 Å². The molecule has 0 spiro atoms. The number of amides is 1. The Labute approximate surface area is 182 Å². The smallest absolute Gasteiger partial charge is 0.300 e. The number of non-ortho nitro benzene ring substituents is 1. The molecule has 0 radical (unpaired) electrons. The van der Waals surface area contributed by atoms with Gasteiger partial charge in [-0.05, 0) is 42.3 Å². The number of carbonyl (C=O) groups excluding carboxylic acids is 2. The maximum atomic E-state index is 13.1. The van der Waals surface area contributed by atoms with Gasteiger partial charge in [-0.2, -0.15) is 0 Å². The summed E-state index contributed by atoms with van der Waals surface area (Å²) in [7, 11) is 0. The number of aromatic nitrogens is 1. The van der Waals surface area contributed by atoms with E-state index in [0.29, 0.717) is 5.56 Å². The standard InChI is InChI=1S/C23H17N3O6/c1-13-5-6-18(27)17(11-13)25-20(14-7-9-24-10-8-14)19(22(29)23(25)30)21(28)15-3-2-4-16(12-15)26(31)32/h2-12,20,27-28H,1H3/b21-19-. The number of pyridine rings is 1. The summed E-state index contributed by atoms with van der Waals surface area (Å²) in [4.78, 5) is 41.7. The fourth-order valence-electron chi connectivity index (χ4n) is 3.69. The minimum atomic E-state index is -1.08. The lowest BCUT2D eigenvalue weighted by atomic mass is 9.95. The van der Waals surface area contributed by atoms with Gasteiger partial charge >= 0.3 is 0 Å². The maximum Gasteiger partial charge on any atom is 0.300 e. The van der Waals surface area contributed by atoms with E-state index in [0.717, 1.165) is 16.5 Å². The molecule has 2 heterocycles. The first-order valence-corrected chi connectivity index (χ1v) is 9.55. The number of ketones is 1. The van der Waals surface area contributed by atoms with E-state index in [4.69, 9.17) is 0 Å². The summed E-state index contributed by atoms with van der Waals surface area (Å²) in [5.74, 6) is -2.69. The summed E-state index contributed by atoms with van der Waals surface area (Å²) in [6, 6.07) is 11.9. The molecule has 0 aliphatic carbocycles. The Hall–Kier alpha value is -4.53. The number of rotatable bonds is 4. The molecule has 0 saturated carbocycles. The topological polar surface area (TPSA) is 134 Å². The molecule has 1 aliphatic rings. The third kappa shape index (κ3) is 3.45. The molecule has 1 saturated heterocycles. The molecule has 3 aromatic rings. The fraction of sp³-hybridized carbons (Fsp3) is 0.0870. The number of nitrogens with zero attached hydrogens (tertiary/aromatic N) is 3. The summed E-state index contributed by atoms with van der Waals surface area (Å²) in [5, 5.41) is 32.6. The van der Waals surface area contributed by atoms with Gasteiger partial charge in [-0.3, -0.25) is 29.6 Å². The number of aryl methyl sites for hydroxylation is 1. The number of phenolic OH excluding ortho intramolecular Hbond substituents is 1. The maximum absolute atomic E-state index is 13.1. The molecular weight excluding hydrogens is 414 g/mol. The first-order valence-electron chi connectivity index (χ1n) is 9.55. The third-order valence-electron chi connectivity index (χ3n) is 5.19. The van der Waals surface area contributed by atoms with E-state index in [1.54, 1.807) is 31.2 Å². The molecule has 1 atom stereocenters. The van der Waals surface area contributed by atoms with E-state index in [9.17, 15) is 29.9 Å². The number of phenols is 1. The minimum absolute atomic E-state index is 0.0183. The Morgan fingerprint density at radius 3 is 2.50 bits per heavy atom. The Balaban J connectivity index is 1.97. The quantitative estimate of drug-likeness (QED) is 0.212. The summed E-state index contributed by atoms with van der Waals surface area (Å²) in [5.41, 5.74) is 0.804. The van der Waals surface area contributed by atoms with Gasteiger partial charge in [0.25, 0.3) is 17.4 Å². The monoisotopic (exact) mass is 431 g/mol. The summed E-state index contributed by atoms with van der Waals surface area (Å²) in [6.07, 6.45) is 2.94. The highest BCUT2D eigenvalue weighted by molar-refractivity contribution is 6.51. The lowest BCUT2D eigenvalue weighted by Gasteiger charge is -2.26. The van der Waals surface area contributed by atoms with E-state index in [1.807, 2.05) is 0 Å². The van der Waals surface area contributed by atoms with Gasteiger partial charge < -0.3 is 10.2 Å². The van der Waals surface area contributed by atoms with E-state index in [2.05, 4.69) is 4.98 Å². The van der Waals surface area contributed by atoms with Gasteiger partial charge in [0.05, 0.1) is 22.2 Å². The van der Waals surface area contributed by atoms with Crippen LogP contribution < -0.4 is 4.90 Å². The molecule has 1 fully saturated rings. The Morgan fingerprint density at radius 2 is 1.81 bits per heavy atom. The fourth-order valence-corrected chi connectivity index (χ4v) is 3.69. The van der Waals surface area contributed by atoms with Crippen molar-refractivity contribution in [1.82, 2.24) is 4.98 Å². The number of aromatic hydroxyl groups is 1. The van der Waals surface area contributed by atoms with Crippen molar-refractivity contribution in [2.75, 3.05) is 4.90 Å². The molecule has 32 heavy (non-hydrogen) atoms. The van der Waals surface area contributed by atoms with Crippen LogP contribution in [0.4, 0.5) is 11.4 Å². The minimum Gasteiger partial charge on any atom is -0.507 e. The van der Waals surface area contributed by atoms with Crippen molar-refractivity contribution in [3.63, 3.8) is 0 Å². The van der Waals surface area contributed by atoms with Crippen molar-refractivity contribution >= 4 is 28.8 Å². The zero-order chi connectivity index (χ0) is 23.0. The lowest BCUT2D eigenvalue weighted by molar-refractivity contribution is -0.384. The van der Waals surface area contributed by atoms with Gasteiger partial charge in [-0.15, -0.1) is 0 Å². The summed E-state index contributed by atoms with van der Waals surface area (Å²) < 4.78 is 0. The molecular formula is C23H17N3O6. The average Bonchev–Trinajstić information content (AvgIpc) is 3.06. The number of Topliss-reactive ketones (excluding diaryl/α,β-unsaturated/α-hetero) is 1. The van der Waals surface area contributed by atoms with Crippen LogP contribution in [0.2, 0.25) is 0 Å². The molecule has 1 aliphatic heterocycles. The van der Waals surface area contributed by atoms with Gasteiger partial charge in [0.2, 0.25) is 0 Å². The predicted octanol–water partition coefficient (Wildman–Crippen LogP) is 3.63. The van der Waals surface area contributed by atoms with Crippen LogP contribution in [0.5, 0.6) is 5.75 Å². The predicted molar refractivity (Wildman–Crippen MR) is 115 cm³/mol. The number of aliphatic hydroxyl groups excluding tert-OH is 1. The zero-order valence-corrected chi connectivity index (χ0v) is 16.8. The molecule has 2 aromatic carbocycles. The van der Waals surface area contributed by atoms with Crippen LogP contribution >= 0.6 is 0 Å². The number of carbonyl (C=O) groups is 2. The van der Waals surface area contributed by atoms with E-state index in [-0.39, 0.29) is 28.3 Å². The van der Waals surface area contributed by atoms with Crippen LogP contribution in [0.25, 0.3) is 5.76 Å². The van der Waals surface area contributed by atoms with Crippen molar-refractivity contribution in [2.45, 2.75) is 13.0 Å². The van der Waals surface area contributed by atoms with E-state index in [1.165, 1.54) is 36.7 Å². The molecule has 1 aromatic heterocycles. The van der Waals surface area contributed by atoms with Crippen molar-refractivity contribution < 1.29 is 24.7 Å². The average molecular weight is 431 g/mol. The second-order valence-electron chi connectivity index (χ2n) is 7.25. The molecule has 4 rings (SSSR count). The van der Waals surface area contributed by atoms with Gasteiger partial charge in [-0.1, -0.05) is 18.2 Å². The third-order valence-corrected chi connectivity index (χ3v) is 5.19. The highest BCUT2D eigenvalue weighted by Gasteiger charge is 2.47. The largest absolute Gasteiger partial charge is 0.507 e. The summed E-state index contributed by atoms with van der Waals surface area (Å²) >= 11 is 0. The molecule has 0 bridgehead atoms. The number of hydrogen-bond donors (Lipinski definition) is 2. The SMILES string of the molecule is Cc1ccc(O)c(N2C(=O)C(=O)/C(=C(\O)c3cccc([N+](=O)[O-])c3)C2c2ccncc2)c1. The normalized spacial score (nSPS) is 17.5. The van der Waals surface area contributed by atoms with Gasteiger partial charge in [0.15, 0.2) is 0 Å². The number of hydrogen-bond acceptors (Lipinski definition) is 7.